The van der Waals surface area contributed by atoms with E-state index in [1.54, 1.807) is 7.05 Å². The number of nitro groups is 1. The van der Waals surface area contributed by atoms with E-state index in [1.807, 2.05) is 0 Å². The molecule has 1 aromatic carbocycles. The van der Waals surface area contributed by atoms with Crippen LogP contribution in [-0.2, 0) is 21.1 Å². The monoisotopic (exact) mass is 312 g/mol. The highest BCUT2D eigenvalue weighted by Gasteiger charge is 2.32. The fourth-order valence-corrected chi connectivity index (χ4v) is 4.09. The summed E-state index contributed by atoms with van der Waals surface area (Å²) in [5.74, 6) is -0.0616. The normalized spacial score (nSPS) is 20.1. The van der Waals surface area contributed by atoms with E-state index in [0.717, 1.165) is 0 Å². The predicted molar refractivity (Wildman–Crippen MR) is 76.6 cm³/mol. The molecule has 1 aliphatic heterocycles. The number of rotatable bonds is 4. The largest absolute Gasteiger partial charge is 0.341 e. The molecule has 1 fully saturated rings. The molecule has 0 radical (unpaired) electrons. The van der Waals surface area contributed by atoms with Gasteiger partial charge in [-0.3, -0.25) is 14.9 Å². The van der Waals surface area contributed by atoms with Gasteiger partial charge in [-0.05, 0) is 12.0 Å². The van der Waals surface area contributed by atoms with Gasteiger partial charge in [0.1, 0.15) is 0 Å². The number of nitro benzene ring substituents is 1. The van der Waals surface area contributed by atoms with Gasteiger partial charge in [0, 0.05) is 25.2 Å². The Hall–Kier alpha value is -1.96. The lowest BCUT2D eigenvalue weighted by molar-refractivity contribution is -0.384. The van der Waals surface area contributed by atoms with Crippen LogP contribution in [0.15, 0.2) is 24.3 Å². The number of carbonyl (C=O) groups excluding carboxylic acids is 1. The number of amides is 1. The maximum atomic E-state index is 12.1. The van der Waals surface area contributed by atoms with Gasteiger partial charge in [0.05, 0.1) is 22.8 Å². The molecule has 0 N–H and O–H groups in total. The number of carbonyl (C=O) groups is 1. The summed E-state index contributed by atoms with van der Waals surface area (Å²) >= 11 is 0. The third-order valence-corrected chi connectivity index (χ3v) is 5.40. The first-order chi connectivity index (χ1) is 9.78. The van der Waals surface area contributed by atoms with Crippen LogP contribution in [0.1, 0.15) is 12.0 Å². The first-order valence-electron chi connectivity index (χ1n) is 6.48. The van der Waals surface area contributed by atoms with Crippen molar-refractivity contribution in [3.63, 3.8) is 0 Å². The van der Waals surface area contributed by atoms with Gasteiger partial charge in [0.15, 0.2) is 9.84 Å². The number of hydrogen-bond donors (Lipinski definition) is 0. The third-order valence-electron chi connectivity index (χ3n) is 3.65. The van der Waals surface area contributed by atoms with Crippen LogP contribution < -0.4 is 0 Å². The van der Waals surface area contributed by atoms with Crippen molar-refractivity contribution in [1.29, 1.82) is 0 Å². The molecule has 1 heterocycles. The SMILES string of the molecule is CN(C(=O)Cc1ccc([N+](=O)[O-])cc1)[C@@H]1CCS(=O)(=O)C1. The van der Waals surface area contributed by atoms with Crippen LogP contribution in [0.5, 0.6) is 0 Å². The second kappa shape index (κ2) is 5.80. The molecule has 0 saturated carbocycles. The summed E-state index contributed by atoms with van der Waals surface area (Å²) in [5, 5.41) is 10.6. The number of sulfone groups is 1. The van der Waals surface area contributed by atoms with Gasteiger partial charge in [0.2, 0.25) is 5.91 Å². The minimum atomic E-state index is -3.03. The van der Waals surface area contributed by atoms with E-state index in [1.165, 1.54) is 29.2 Å². The second-order valence-electron chi connectivity index (χ2n) is 5.16. The number of benzene rings is 1. The Labute approximate surface area is 122 Å². The van der Waals surface area contributed by atoms with Crippen molar-refractivity contribution in [2.75, 3.05) is 18.6 Å². The first kappa shape index (κ1) is 15.4. The Morgan fingerprint density at radius 1 is 1.38 bits per heavy atom. The number of hydrogen-bond acceptors (Lipinski definition) is 5. The molecule has 2 rings (SSSR count). The standard InChI is InChI=1S/C13H16N2O5S/c1-14(12-6-7-21(19,20)9-12)13(16)8-10-2-4-11(5-3-10)15(17)18/h2-5,12H,6-9H2,1H3/t12-/m1/s1. The van der Waals surface area contributed by atoms with E-state index in [9.17, 15) is 23.3 Å². The van der Waals surface area contributed by atoms with E-state index in [2.05, 4.69) is 0 Å². The minimum Gasteiger partial charge on any atom is -0.341 e. The van der Waals surface area contributed by atoms with Crippen LogP contribution >= 0.6 is 0 Å². The van der Waals surface area contributed by atoms with Crippen LogP contribution in [0.25, 0.3) is 0 Å². The lowest BCUT2D eigenvalue weighted by Crippen LogP contribution is -2.38. The molecule has 0 unspecified atom stereocenters. The molecule has 1 atom stereocenters. The molecule has 0 aromatic heterocycles. The van der Waals surface area contributed by atoms with Crippen LogP contribution in [0.4, 0.5) is 5.69 Å². The van der Waals surface area contributed by atoms with E-state index in [4.69, 9.17) is 0 Å². The Bertz CT molecular complexity index is 654. The van der Waals surface area contributed by atoms with Crippen molar-refractivity contribution in [2.45, 2.75) is 18.9 Å². The zero-order chi connectivity index (χ0) is 15.6. The Morgan fingerprint density at radius 3 is 2.48 bits per heavy atom. The summed E-state index contributed by atoms with van der Waals surface area (Å²) in [6.07, 6.45) is 0.565. The second-order valence-corrected chi connectivity index (χ2v) is 7.39. The fraction of sp³-hybridized carbons (Fsp3) is 0.462. The molecule has 0 spiro atoms. The molecule has 1 saturated heterocycles. The average Bonchev–Trinajstić information content (AvgIpc) is 2.78. The molecule has 0 bridgehead atoms. The van der Waals surface area contributed by atoms with Gasteiger partial charge < -0.3 is 4.90 Å². The smallest absolute Gasteiger partial charge is 0.269 e. The van der Waals surface area contributed by atoms with Crippen molar-refractivity contribution in [3.8, 4) is 0 Å². The summed E-state index contributed by atoms with van der Waals surface area (Å²) in [5.41, 5.74) is 0.639. The zero-order valence-electron chi connectivity index (χ0n) is 11.6. The first-order valence-corrected chi connectivity index (χ1v) is 8.30. The van der Waals surface area contributed by atoms with E-state index >= 15 is 0 Å². The van der Waals surface area contributed by atoms with Crippen LogP contribution in [0.2, 0.25) is 0 Å². The Kier molecular flexibility index (Phi) is 4.26. The average molecular weight is 312 g/mol. The molecule has 1 amide bonds. The summed E-state index contributed by atoms with van der Waals surface area (Å²) in [4.78, 5) is 23.6. The molecule has 1 aliphatic rings. The molecule has 7 nitrogen and oxygen atoms in total. The molecule has 1 aromatic rings. The van der Waals surface area contributed by atoms with E-state index in [-0.39, 0.29) is 35.6 Å². The third kappa shape index (κ3) is 3.78. The van der Waals surface area contributed by atoms with Gasteiger partial charge in [-0.15, -0.1) is 0 Å². The van der Waals surface area contributed by atoms with Gasteiger partial charge in [0.25, 0.3) is 5.69 Å². The maximum Gasteiger partial charge on any atom is 0.269 e. The van der Waals surface area contributed by atoms with Crippen LogP contribution in [0, 0.1) is 10.1 Å². The number of likely N-dealkylation sites (N-methyl/N-ethyl adjacent to an activating group) is 1. The van der Waals surface area contributed by atoms with Gasteiger partial charge in [-0.25, -0.2) is 8.42 Å². The summed E-state index contributed by atoms with van der Waals surface area (Å²) in [6.45, 7) is 0. The van der Waals surface area contributed by atoms with E-state index < -0.39 is 14.8 Å². The van der Waals surface area contributed by atoms with Crippen molar-refractivity contribution in [2.24, 2.45) is 0 Å². The topological polar surface area (TPSA) is 97.6 Å². The van der Waals surface area contributed by atoms with Crippen molar-refractivity contribution in [3.05, 3.63) is 39.9 Å². The number of nitrogens with zero attached hydrogens (tertiary/aromatic N) is 2. The zero-order valence-corrected chi connectivity index (χ0v) is 12.4. The molecule has 8 heteroatoms. The highest BCUT2D eigenvalue weighted by Crippen LogP contribution is 2.18. The quantitative estimate of drug-likeness (QED) is 0.604. The number of non-ortho nitro benzene ring substituents is 1. The maximum absolute atomic E-state index is 12.1. The highest BCUT2D eigenvalue weighted by atomic mass is 32.2. The summed E-state index contributed by atoms with van der Waals surface area (Å²) in [6, 6.07) is 5.50. The predicted octanol–water partition coefficient (Wildman–Crippen LogP) is 0.783. The Balaban J connectivity index is 1.99. The molecular weight excluding hydrogens is 296 g/mol. The van der Waals surface area contributed by atoms with Crippen LogP contribution in [0.3, 0.4) is 0 Å². The fourth-order valence-electron chi connectivity index (χ4n) is 2.32. The lowest BCUT2D eigenvalue weighted by Gasteiger charge is -2.23. The van der Waals surface area contributed by atoms with Crippen molar-refractivity contribution >= 4 is 21.4 Å². The van der Waals surface area contributed by atoms with Gasteiger partial charge in [-0.2, -0.15) is 0 Å². The van der Waals surface area contributed by atoms with Crippen molar-refractivity contribution in [1.82, 2.24) is 4.90 Å². The lowest BCUT2D eigenvalue weighted by atomic mass is 10.1. The molecule has 0 aliphatic carbocycles. The molecule has 21 heavy (non-hydrogen) atoms. The Morgan fingerprint density at radius 2 is 2.00 bits per heavy atom. The van der Waals surface area contributed by atoms with Gasteiger partial charge >= 0.3 is 0 Å². The molecular formula is C13H16N2O5S. The van der Waals surface area contributed by atoms with Crippen molar-refractivity contribution < 1.29 is 18.1 Å². The van der Waals surface area contributed by atoms with Gasteiger partial charge in [-0.1, -0.05) is 12.1 Å². The van der Waals surface area contributed by atoms with E-state index in [0.29, 0.717) is 12.0 Å². The minimum absolute atomic E-state index is 0.00943. The molecule has 114 valence electrons. The highest BCUT2D eigenvalue weighted by molar-refractivity contribution is 7.91. The summed E-state index contributed by atoms with van der Waals surface area (Å²) < 4.78 is 22.9. The summed E-state index contributed by atoms with van der Waals surface area (Å²) in [7, 11) is -1.43. The van der Waals surface area contributed by atoms with Crippen LogP contribution in [-0.4, -0.2) is 48.7 Å².